The van der Waals surface area contributed by atoms with Crippen LogP contribution in [0.5, 0.6) is 5.75 Å². The summed E-state index contributed by atoms with van der Waals surface area (Å²) < 4.78 is 11.0. The van der Waals surface area contributed by atoms with Crippen LogP contribution >= 0.6 is 0 Å². The summed E-state index contributed by atoms with van der Waals surface area (Å²) >= 11 is 0. The number of ether oxygens (including phenoxy) is 2. The molecular formula is C19H21NO3. The van der Waals surface area contributed by atoms with E-state index in [1.54, 1.807) is 13.2 Å². The van der Waals surface area contributed by atoms with Crippen LogP contribution in [0.4, 0.5) is 0 Å². The minimum atomic E-state index is -0.0830. The number of carbonyl (C=O) groups excluding carboxylic acids is 1. The van der Waals surface area contributed by atoms with Crippen LogP contribution in [0, 0.1) is 0 Å². The Bertz CT molecular complexity index is 664. The largest absolute Gasteiger partial charge is 0.496 e. The van der Waals surface area contributed by atoms with Gasteiger partial charge < -0.3 is 14.8 Å². The molecule has 3 rings (SSSR count). The number of rotatable bonds is 5. The summed E-state index contributed by atoms with van der Waals surface area (Å²) in [5, 5.41) is 2.95. The Morgan fingerprint density at radius 1 is 1.26 bits per heavy atom. The van der Waals surface area contributed by atoms with Crippen molar-refractivity contribution in [3.63, 3.8) is 0 Å². The number of hydrogen-bond acceptors (Lipinski definition) is 3. The van der Waals surface area contributed by atoms with Gasteiger partial charge in [-0.05, 0) is 36.6 Å². The molecule has 120 valence electrons. The number of methoxy groups -OCH3 is 1. The van der Waals surface area contributed by atoms with Gasteiger partial charge in [0.1, 0.15) is 5.75 Å². The smallest absolute Gasteiger partial charge is 0.251 e. The lowest BCUT2D eigenvalue weighted by Gasteiger charge is -2.13. The Hall–Kier alpha value is -2.33. The van der Waals surface area contributed by atoms with E-state index in [9.17, 15) is 4.79 Å². The zero-order valence-corrected chi connectivity index (χ0v) is 13.2. The summed E-state index contributed by atoms with van der Waals surface area (Å²) in [4.78, 5) is 12.4. The van der Waals surface area contributed by atoms with E-state index in [1.807, 2.05) is 42.5 Å². The van der Waals surface area contributed by atoms with E-state index in [4.69, 9.17) is 9.47 Å². The summed E-state index contributed by atoms with van der Waals surface area (Å²) in [6.07, 6.45) is 2.23. The summed E-state index contributed by atoms with van der Waals surface area (Å²) in [6, 6.07) is 15.4. The van der Waals surface area contributed by atoms with E-state index < -0.39 is 0 Å². The van der Waals surface area contributed by atoms with Gasteiger partial charge in [0.2, 0.25) is 0 Å². The van der Waals surface area contributed by atoms with Crippen LogP contribution in [0.1, 0.15) is 23.2 Å². The third kappa shape index (κ3) is 3.71. The average Bonchev–Trinajstić information content (AvgIpc) is 3.13. The molecule has 0 aliphatic carbocycles. The summed E-state index contributed by atoms with van der Waals surface area (Å²) in [7, 11) is 1.64. The molecule has 4 nitrogen and oxygen atoms in total. The number of nitrogens with one attached hydrogen (secondary N) is 1. The summed E-state index contributed by atoms with van der Waals surface area (Å²) in [5.74, 6) is 0.673. The fraction of sp³-hybridized carbons (Fsp3) is 0.316. The molecule has 2 aromatic rings. The first-order valence-corrected chi connectivity index (χ1v) is 7.91. The van der Waals surface area contributed by atoms with Crippen LogP contribution in [0.25, 0.3) is 11.1 Å². The normalized spacial score (nSPS) is 17.0. The Kier molecular flexibility index (Phi) is 4.93. The SMILES string of the molecule is COc1ccc(C(=O)NCC2CCCO2)cc1-c1ccccc1. The zero-order chi connectivity index (χ0) is 16.1. The maximum atomic E-state index is 12.4. The van der Waals surface area contributed by atoms with Crippen LogP contribution in [0.3, 0.4) is 0 Å². The molecule has 1 atom stereocenters. The third-order valence-electron chi connectivity index (χ3n) is 4.06. The van der Waals surface area contributed by atoms with Crippen molar-refractivity contribution in [1.29, 1.82) is 0 Å². The van der Waals surface area contributed by atoms with Gasteiger partial charge in [0.25, 0.3) is 5.91 Å². The van der Waals surface area contributed by atoms with Crippen molar-refractivity contribution < 1.29 is 14.3 Å². The molecule has 1 fully saturated rings. The predicted octanol–water partition coefficient (Wildman–Crippen LogP) is 3.27. The first-order valence-electron chi connectivity index (χ1n) is 7.91. The Labute approximate surface area is 136 Å². The Morgan fingerprint density at radius 3 is 2.78 bits per heavy atom. The number of carbonyl (C=O) groups is 1. The van der Waals surface area contributed by atoms with Crippen molar-refractivity contribution in [3.05, 3.63) is 54.1 Å². The van der Waals surface area contributed by atoms with Crippen LogP contribution in [0.2, 0.25) is 0 Å². The minimum Gasteiger partial charge on any atom is -0.496 e. The fourth-order valence-electron chi connectivity index (χ4n) is 2.81. The molecule has 1 saturated heterocycles. The molecule has 1 N–H and O–H groups in total. The number of amides is 1. The fourth-order valence-corrected chi connectivity index (χ4v) is 2.81. The van der Waals surface area contributed by atoms with E-state index in [0.717, 1.165) is 36.3 Å². The first-order chi connectivity index (χ1) is 11.3. The standard InChI is InChI=1S/C19H21NO3/c1-22-18-10-9-15(12-17(18)14-6-3-2-4-7-14)19(21)20-13-16-8-5-11-23-16/h2-4,6-7,9-10,12,16H,5,8,11,13H2,1H3,(H,20,21). The second kappa shape index (κ2) is 7.29. The van der Waals surface area contributed by atoms with Crippen LogP contribution < -0.4 is 10.1 Å². The minimum absolute atomic E-state index is 0.0830. The van der Waals surface area contributed by atoms with Gasteiger partial charge in [0, 0.05) is 24.3 Å². The summed E-state index contributed by atoms with van der Waals surface area (Å²) in [5.41, 5.74) is 2.57. The average molecular weight is 311 g/mol. The molecule has 1 aliphatic heterocycles. The van der Waals surface area contributed by atoms with E-state index >= 15 is 0 Å². The number of hydrogen-bond donors (Lipinski definition) is 1. The van der Waals surface area contributed by atoms with Crippen molar-refractivity contribution in [3.8, 4) is 16.9 Å². The molecular weight excluding hydrogens is 290 g/mol. The molecule has 1 unspecified atom stereocenters. The van der Waals surface area contributed by atoms with Gasteiger partial charge in [-0.25, -0.2) is 0 Å². The lowest BCUT2D eigenvalue weighted by Crippen LogP contribution is -2.31. The third-order valence-corrected chi connectivity index (χ3v) is 4.06. The van der Waals surface area contributed by atoms with E-state index in [-0.39, 0.29) is 12.0 Å². The second-order valence-electron chi connectivity index (χ2n) is 5.63. The Morgan fingerprint density at radius 2 is 2.09 bits per heavy atom. The van der Waals surface area contributed by atoms with Gasteiger partial charge in [-0.1, -0.05) is 30.3 Å². The maximum Gasteiger partial charge on any atom is 0.251 e. The second-order valence-corrected chi connectivity index (χ2v) is 5.63. The number of benzene rings is 2. The maximum absolute atomic E-state index is 12.4. The first kappa shape index (κ1) is 15.6. The molecule has 2 aromatic carbocycles. The topological polar surface area (TPSA) is 47.6 Å². The van der Waals surface area contributed by atoms with Gasteiger partial charge in [-0.2, -0.15) is 0 Å². The van der Waals surface area contributed by atoms with Crippen LogP contribution in [-0.4, -0.2) is 32.3 Å². The highest BCUT2D eigenvalue weighted by Gasteiger charge is 2.17. The van der Waals surface area contributed by atoms with Crippen LogP contribution in [-0.2, 0) is 4.74 Å². The monoisotopic (exact) mass is 311 g/mol. The lowest BCUT2D eigenvalue weighted by atomic mass is 10.0. The van der Waals surface area contributed by atoms with Crippen molar-refractivity contribution in [1.82, 2.24) is 5.32 Å². The molecule has 4 heteroatoms. The molecule has 1 aliphatic rings. The van der Waals surface area contributed by atoms with Crippen molar-refractivity contribution in [2.75, 3.05) is 20.3 Å². The van der Waals surface area contributed by atoms with Crippen molar-refractivity contribution in [2.24, 2.45) is 0 Å². The lowest BCUT2D eigenvalue weighted by molar-refractivity contribution is 0.0858. The van der Waals surface area contributed by atoms with E-state index in [0.29, 0.717) is 12.1 Å². The quantitative estimate of drug-likeness (QED) is 0.922. The van der Waals surface area contributed by atoms with Gasteiger partial charge in [0.15, 0.2) is 0 Å². The highest BCUT2D eigenvalue weighted by molar-refractivity contribution is 5.96. The van der Waals surface area contributed by atoms with Gasteiger partial charge >= 0.3 is 0 Å². The van der Waals surface area contributed by atoms with Crippen molar-refractivity contribution in [2.45, 2.75) is 18.9 Å². The molecule has 1 heterocycles. The van der Waals surface area contributed by atoms with Gasteiger partial charge in [0.05, 0.1) is 13.2 Å². The van der Waals surface area contributed by atoms with E-state index in [2.05, 4.69) is 5.32 Å². The molecule has 23 heavy (non-hydrogen) atoms. The van der Waals surface area contributed by atoms with Crippen molar-refractivity contribution >= 4 is 5.91 Å². The zero-order valence-electron chi connectivity index (χ0n) is 13.2. The molecule has 0 saturated carbocycles. The molecule has 0 bridgehead atoms. The highest BCUT2D eigenvalue weighted by atomic mass is 16.5. The molecule has 0 aromatic heterocycles. The Balaban J connectivity index is 1.78. The molecule has 0 radical (unpaired) electrons. The van der Waals surface area contributed by atoms with Crippen LogP contribution in [0.15, 0.2) is 48.5 Å². The van der Waals surface area contributed by atoms with Gasteiger partial charge in [-0.3, -0.25) is 4.79 Å². The molecule has 0 spiro atoms. The molecule has 1 amide bonds. The van der Waals surface area contributed by atoms with E-state index in [1.165, 1.54) is 0 Å². The predicted molar refractivity (Wildman–Crippen MR) is 89.7 cm³/mol. The summed E-state index contributed by atoms with van der Waals surface area (Å²) in [6.45, 7) is 1.35. The van der Waals surface area contributed by atoms with Gasteiger partial charge in [-0.15, -0.1) is 0 Å². The highest BCUT2D eigenvalue weighted by Crippen LogP contribution is 2.30.